The molecule has 3 amide bonds. The van der Waals surface area contributed by atoms with Crippen LogP contribution < -0.4 is 10.6 Å². The Morgan fingerprint density at radius 3 is 2.42 bits per heavy atom. The molecule has 0 bridgehead atoms. The number of aryl methyl sites for hydroxylation is 2. The van der Waals surface area contributed by atoms with Crippen molar-refractivity contribution in [3.63, 3.8) is 0 Å². The van der Waals surface area contributed by atoms with Gasteiger partial charge < -0.3 is 20.0 Å². The number of nitrogens with one attached hydrogen (secondary N) is 2. The van der Waals surface area contributed by atoms with Crippen LogP contribution in [0.15, 0.2) is 63.7 Å². The highest BCUT2D eigenvalue weighted by Crippen LogP contribution is 2.21. The first-order valence-corrected chi connectivity index (χ1v) is 10.3. The molecule has 160 valence electrons. The predicted octanol–water partition coefficient (Wildman–Crippen LogP) is 4.62. The molecule has 0 unspecified atom stereocenters. The van der Waals surface area contributed by atoms with Gasteiger partial charge in [0, 0.05) is 28.5 Å². The van der Waals surface area contributed by atoms with Crippen molar-refractivity contribution in [2.24, 2.45) is 0 Å². The molecule has 0 radical (unpaired) electrons. The molecule has 0 aliphatic carbocycles. The third-order valence-electron chi connectivity index (χ3n) is 4.67. The molecular weight excluding hydrogens is 462 g/mol. The van der Waals surface area contributed by atoms with Crippen LogP contribution in [0.1, 0.15) is 32.0 Å². The first-order valence-electron chi connectivity index (χ1n) is 9.51. The minimum absolute atomic E-state index is 0.115. The molecule has 7 nitrogen and oxygen atoms in total. The van der Waals surface area contributed by atoms with Crippen LogP contribution in [0.2, 0.25) is 0 Å². The summed E-state index contributed by atoms with van der Waals surface area (Å²) in [6.45, 7) is 3.60. The van der Waals surface area contributed by atoms with Crippen molar-refractivity contribution < 1.29 is 18.8 Å². The fourth-order valence-corrected chi connectivity index (χ4v) is 3.42. The minimum atomic E-state index is -0.407. The van der Waals surface area contributed by atoms with E-state index in [1.807, 2.05) is 26.0 Å². The van der Waals surface area contributed by atoms with Gasteiger partial charge >= 0.3 is 0 Å². The molecule has 0 saturated carbocycles. The molecule has 0 spiro atoms. The summed E-state index contributed by atoms with van der Waals surface area (Å²) in [4.78, 5) is 38.8. The highest BCUT2D eigenvalue weighted by atomic mass is 79.9. The molecule has 1 aromatic heterocycles. The lowest BCUT2D eigenvalue weighted by Crippen LogP contribution is -2.35. The van der Waals surface area contributed by atoms with Crippen molar-refractivity contribution in [2.75, 3.05) is 24.2 Å². The zero-order valence-corrected chi connectivity index (χ0v) is 18.9. The number of hydrogen-bond donors (Lipinski definition) is 2. The Morgan fingerprint density at radius 1 is 0.968 bits per heavy atom. The van der Waals surface area contributed by atoms with E-state index in [0.717, 1.165) is 15.6 Å². The number of anilines is 2. The number of halogens is 1. The second-order valence-corrected chi connectivity index (χ2v) is 8.05. The summed E-state index contributed by atoms with van der Waals surface area (Å²) in [6, 6.07) is 13.7. The normalized spacial score (nSPS) is 10.5. The van der Waals surface area contributed by atoms with Gasteiger partial charge in [0.1, 0.15) is 0 Å². The fourth-order valence-electron chi connectivity index (χ4n) is 2.95. The van der Waals surface area contributed by atoms with Crippen LogP contribution in [-0.2, 0) is 4.79 Å². The molecule has 31 heavy (non-hydrogen) atoms. The van der Waals surface area contributed by atoms with Crippen LogP contribution >= 0.6 is 15.9 Å². The van der Waals surface area contributed by atoms with Gasteiger partial charge in [-0.3, -0.25) is 14.4 Å². The Bertz CT molecular complexity index is 1130. The van der Waals surface area contributed by atoms with Crippen LogP contribution in [0, 0.1) is 13.8 Å². The smallest absolute Gasteiger partial charge is 0.291 e. The number of carbonyl (C=O) groups excluding carboxylic acids is 3. The number of amides is 3. The predicted molar refractivity (Wildman–Crippen MR) is 122 cm³/mol. The van der Waals surface area contributed by atoms with Crippen molar-refractivity contribution in [1.82, 2.24) is 4.90 Å². The number of carbonyl (C=O) groups is 3. The third kappa shape index (κ3) is 5.61. The quantitative estimate of drug-likeness (QED) is 0.534. The first-order chi connectivity index (χ1) is 14.7. The standard InChI is InChI=1S/C23H22BrN3O4/c1-14-6-7-16(12-19(14)26-22(29)20-5-4-10-31-20)23(30)27(3)13-21(28)25-18-9-8-17(24)11-15(18)2/h4-12H,13H2,1-3H3,(H,25,28)(H,26,29). The van der Waals surface area contributed by atoms with Crippen LogP contribution in [0.5, 0.6) is 0 Å². The van der Waals surface area contributed by atoms with Crippen molar-refractivity contribution in [3.05, 3.63) is 81.7 Å². The molecule has 0 atom stereocenters. The van der Waals surface area contributed by atoms with Gasteiger partial charge in [-0.25, -0.2) is 0 Å². The van der Waals surface area contributed by atoms with Gasteiger partial charge in [-0.15, -0.1) is 0 Å². The maximum Gasteiger partial charge on any atom is 0.291 e. The molecule has 3 aromatic rings. The number of likely N-dealkylation sites (N-methyl/N-ethyl adjacent to an activating group) is 1. The summed E-state index contributed by atoms with van der Waals surface area (Å²) in [5, 5.41) is 5.56. The molecule has 0 saturated heterocycles. The van der Waals surface area contributed by atoms with E-state index in [1.54, 1.807) is 43.4 Å². The van der Waals surface area contributed by atoms with Crippen molar-refractivity contribution in [1.29, 1.82) is 0 Å². The third-order valence-corrected chi connectivity index (χ3v) is 5.16. The van der Waals surface area contributed by atoms with Crippen molar-refractivity contribution in [3.8, 4) is 0 Å². The Kier molecular flexibility index (Phi) is 6.91. The van der Waals surface area contributed by atoms with Gasteiger partial charge in [-0.1, -0.05) is 22.0 Å². The molecule has 2 aromatic carbocycles. The zero-order valence-electron chi connectivity index (χ0n) is 17.4. The Hall–Kier alpha value is -3.39. The molecule has 1 heterocycles. The largest absolute Gasteiger partial charge is 0.459 e. The second-order valence-electron chi connectivity index (χ2n) is 7.13. The maximum absolute atomic E-state index is 12.8. The van der Waals surface area contributed by atoms with Crippen molar-refractivity contribution >= 4 is 45.0 Å². The van der Waals surface area contributed by atoms with Crippen LogP contribution in [0.25, 0.3) is 0 Å². The summed E-state index contributed by atoms with van der Waals surface area (Å²) in [5.41, 5.74) is 3.24. The fraction of sp³-hybridized carbons (Fsp3) is 0.174. The number of nitrogens with zero attached hydrogens (tertiary/aromatic N) is 1. The van der Waals surface area contributed by atoms with Gasteiger partial charge in [0.2, 0.25) is 5.91 Å². The van der Waals surface area contributed by atoms with E-state index in [9.17, 15) is 14.4 Å². The Balaban J connectivity index is 1.67. The van der Waals surface area contributed by atoms with E-state index in [0.29, 0.717) is 16.9 Å². The number of rotatable bonds is 6. The van der Waals surface area contributed by atoms with E-state index in [-0.39, 0.29) is 24.1 Å². The Labute approximate surface area is 188 Å². The maximum atomic E-state index is 12.8. The number of benzene rings is 2. The van der Waals surface area contributed by atoms with Crippen LogP contribution in [0.4, 0.5) is 11.4 Å². The summed E-state index contributed by atoms with van der Waals surface area (Å²) < 4.78 is 6.02. The summed E-state index contributed by atoms with van der Waals surface area (Å²) in [5.74, 6) is -0.876. The van der Waals surface area contributed by atoms with E-state index >= 15 is 0 Å². The average molecular weight is 484 g/mol. The van der Waals surface area contributed by atoms with Crippen LogP contribution in [-0.4, -0.2) is 36.2 Å². The summed E-state index contributed by atoms with van der Waals surface area (Å²) in [6.07, 6.45) is 1.41. The highest BCUT2D eigenvalue weighted by Gasteiger charge is 2.18. The molecule has 8 heteroatoms. The summed E-state index contributed by atoms with van der Waals surface area (Å²) in [7, 11) is 1.55. The molecule has 3 rings (SSSR count). The van der Waals surface area contributed by atoms with Gasteiger partial charge in [0.25, 0.3) is 11.8 Å². The van der Waals surface area contributed by atoms with Gasteiger partial charge in [-0.05, 0) is 67.4 Å². The lowest BCUT2D eigenvalue weighted by molar-refractivity contribution is -0.116. The minimum Gasteiger partial charge on any atom is -0.459 e. The molecule has 0 aliphatic heterocycles. The SMILES string of the molecule is Cc1cc(Br)ccc1NC(=O)CN(C)C(=O)c1ccc(C)c(NC(=O)c2ccco2)c1. The topological polar surface area (TPSA) is 91.7 Å². The van der Waals surface area contributed by atoms with E-state index in [4.69, 9.17) is 4.42 Å². The van der Waals surface area contributed by atoms with E-state index in [2.05, 4.69) is 26.6 Å². The zero-order chi connectivity index (χ0) is 22.5. The van der Waals surface area contributed by atoms with E-state index < -0.39 is 5.91 Å². The van der Waals surface area contributed by atoms with E-state index in [1.165, 1.54) is 11.2 Å². The monoisotopic (exact) mass is 483 g/mol. The first kappa shape index (κ1) is 22.3. The Morgan fingerprint density at radius 2 is 1.74 bits per heavy atom. The van der Waals surface area contributed by atoms with Crippen LogP contribution in [0.3, 0.4) is 0 Å². The lowest BCUT2D eigenvalue weighted by atomic mass is 10.1. The second kappa shape index (κ2) is 9.61. The van der Waals surface area contributed by atoms with Gasteiger partial charge in [-0.2, -0.15) is 0 Å². The van der Waals surface area contributed by atoms with Crippen molar-refractivity contribution in [2.45, 2.75) is 13.8 Å². The van der Waals surface area contributed by atoms with Gasteiger partial charge in [0.15, 0.2) is 5.76 Å². The number of furan rings is 1. The average Bonchev–Trinajstić information content (AvgIpc) is 3.26. The lowest BCUT2D eigenvalue weighted by Gasteiger charge is -2.18. The van der Waals surface area contributed by atoms with Gasteiger partial charge in [0.05, 0.1) is 12.8 Å². The molecule has 0 fully saturated rings. The number of hydrogen-bond acceptors (Lipinski definition) is 4. The summed E-state index contributed by atoms with van der Waals surface area (Å²) >= 11 is 3.39. The molecule has 2 N–H and O–H groups in total. The highest BCUT2D eigenvalue weighted by molar-refractivity contribution is 9.10. The molecule has 0 aliphatic rings. The molecular formula is C23H22BrN3O4.